The highest BCUT2D eigenvalue weighted by Gasteiger charge is 2.31. The summed E-state index contributed by atoms with van der Waals surface area (Å²) in [7, 11) is -1.32. The minimum absolute atomic E-state index is 0.167. The molecular formula is C13H26N2O2S. The molecule has 1 saturated carbocycles. The lowest BCUT2D eigenvalue weighted by molar-refractivity contribution is 0.245. The van der Waals surface area contributed by atoms with Crippen LogP contribution in [-0.4, -0.2) is 44.2 Å². The van der Waals surface area contributed by atoms with E-state index in [1.54, 1.807) is 11.4 Å². The minimum Gasteiger partial charge on any atom is -0.313 e. The van der Waals surface area contributed by atoms with E-state index in [2.05, 4.69) is 12.2 Å². The molecule has 106 valence electrons. The fourth-order valence-electron chi connectivity index (χ4n) is 3.10. The van der Waals surface area contributed by atoms with Crippen molar-refractivity contribution in [1.29, 1.82) is 0 Å². The molecule has 1 saturated heterocycles. The minimum atomic E-state index is -3.09. The summed E-state index contributed by atoms with van der Waals surface area (Å²) >= 11 is 0. The van der Waals surface area contributed by atoms with E-state index in [0.29, 0.717) is 0 Å². The van der Waals surface area contributed by atoms with Gasteiger partial charge in [0.1, 0.15) is 0 Å². The fourth-order valence-corrected chi connectivity index (χ4v) is 4.80. The third-order valence-corrected chi connectivity index (χ3v) is 6.51. The Hall–Kier alpha value is -0.130. The first-order chi connectivity index (χ1) is 8.49. The molecule has 5 heteroatoms. The molecule has 2 fully saturated rings. The number of hydrogen-bond donors (Lipinski definition) is 1. The molecule has 1 aliphatic carbocycles. The molecule has 18 heavy (non-hydrogen) atoms. The number of hydrogen-bond acceptors (Lipinski definition) is 3. The lowest BCUT2D eigenvalue weighted by atomic mass is 9.87. The molecule has 1 N–H and O–H groups in total. The second kappa shape index (κ2) is 5.88. The van der Waals surface area contributed by atoms with E-state index in [1.165, 1.54) is 0 Å². The summed E-state index contributed by atoms with van der Waals surface area (Å²) in [4.78, 5) is 0. The lowest BCUT2D eigenvalue weighted by Gasteiger charge is -2.33. The van der Waals surface area contributed by atoms with Crippen molar-refractivity contribution >= 4 is 10.0 Å². The van der Waals surface area contributed by atoms with Crippen molar-refractivity contribution < 1.29 is 8.42 Å². The Bertz CT molecular complexity index is 355. The largest absolute Gasteiger partial charge is 0.313 e. The van der Waals surface area contributed by atoms with Crippen LogP contribution < -0.4 is 5.32 Å². The number of sulfonamides is 1. The molecule has 0 amide bonds. The molecule has 0 spiro atoms. The molecule has 0 bridgehead atoms. The average Bonchev–Trinajstić information content (AvgIpc) is 2.81. The Morgan fingerprint density at radius 3 is 2.39 bits per heavy atom. The maximum absolute atomic E-state index is 12.4. The van der Waals surface area contributed by atoms with Gasteiger partial charge >= 0.3 is 0 Å². The quantitative estimate of drug-likeness (QED) is 0.847. The van der Waals surface area contributed by atoms with Gasteiger partial charge < -0.3 is 5.32 Å². The van der Waals surface area contributed by atoms with E-state index in [4.69, 9.17) is 0 Å². The molecular weight excluding hydrogens is 248 g/mol. The monoisotopic (exact) mass is 274 g/mol. The smallest absolute Gasteiger partial charge is 0.215 e. The fraction of sp³-hybridized carbons (Fsp3) is 1.00. The molecule has 0 aromatic heterocycles. The molecule has 1 atom stereocenters. The predicted molar refractivity (Wildman–Crippen MR) is 74.0 cm³/mol. The van der Waals surface area contributed by atoms with Gasteiger partial charge in [-0.3, -0.25) is 0 Å². The number of nitrogens with one attached hydrogen (secondary N) is 1. The van der Waals surface area contributed by atoms with Gasteiger partial charge in [0.15, 0.2) is 0 Å². The second-order valence-electron chi connectivity index (χ2n) is 6.00. The Balaban J connectivity index is 1.91. The summed E-state index contributed by atoms with van der Waals surface area (Å²) in [5.41, 5.74) is 0. The Morgan fingerprint density at radius 1 is 1.17 bits per heavy atom. The van der Waals surface area contributed by atoms with E-state index in [-0.39, 0.29) is 17.8 Å². The molecule has 2 rings (SSSR count). The van der Waals surface area contributed by atoms with Crippen molar-refractivity contribution in [2.24, 2.45) is 5.92 Å². The Labute approximate surface area is 111 Å². The van der Waals surface area contributed by atoms with Gasteiger partial charge in [0.2, 0.25) is 10.0 Å². The molecule has 0 aromatic rings. The van der Waals surface area contributed by atoms with Crippen LogP contribution in [0.15, 0.2) is 0 Å². The molecule has 0 aromatic carbocycles. The van der Waals surface area contributed by atoms with E-state index in [1.807, 2.05) is 0 Å². The van der Waals surface area contributed by atoms with Crippen LogP contribution in [0.25, 0.3) is 0 Å². The maximum atomic E-state index is 12.4. The van der Waals surface area contributed by atoms with Gasteiger partial charge in [-0.2, -0.15) is 0 Å². The molecule has 4 nitrogen and oxygen atoms in total. The van der Waals surface area contributed by atoms with Gasteiger partial charge in [0.05, 0.1) is 5.75 Å². The van der Waals surface area contributed by atoms with E-state index in [9.17, 15) is 8.42 Å². The molecule has 1 unspecified atom stereocenters. The van der Waals surface area contributed by atoms with Crippen molar-refractivity contribution in [1.82, 2.24) is 9.62 Å². The summed E-state index contributed by atoms with van der Waals surface area (Å²) in [6.07, 6.45) is 6.46. The van der Waals surface area contributed by atoms with Gasteiger partial charge in [-0.1, -0.05) is 6.92 Å². The highest BCUT2D eigenvalue weighted by molar-refractivity contribution is 7.89. The summed E-state index contributed by atoms with van der Waals surface area (Å²) < 4.78 is 26.4. The van der Waals surface area contributed by atoms with Gasteiger partial charge in [0.25, 0.3) is 0 Å². The van der Waals surface area contributed by atoms with Gasteiger partial charge in [-0.25, -0.2) is 12.7 Å². The van der Waals surface area contributed by atoms with Crippen LogP contribution in [0.5, 0.6) is 0 Å². The number of nitrogens with zero attached hydrogens (tertiary/aromatic N) is 1. The Kier molecular flexibility index (Phi) is 4.67. The lowest BCUT2D eigenvalue weighted by Crippen LogP contribution is -2.44. The first kappa shape index (κ1) is 14.3. The van der Waals surface area contributed by atoms with Crippen molar-refractivity contribution in [3.05, 3.63) is 0 Å². The van der Waals surface area contributed by atoms with Crippen LogP contribution >= 0.6 is 0 Å². The summed E-state index contributed by atoms with van der Waals surface area (Å²) in [5, 5.41) is 3.27. The summed E-state index contributed by atoms with van der Waals surface area (Å²) in [5.74, 6) is 1.03. The van der Waals surface area contributed by atoms with E-state index in [0.717, 1.165) is 51.0 Å². The van der Waals surface area contributed by atoms with Crippen LogP contribution in [0.1, 0.15) is 45.4 Å². The normalized spacial score (nSPS) is 34.1. The third-order valence-electron chi connectivity index (χ3n) is 4.51. The molecule has 1 aliphatic heterocycles. The summed E-state index contributed by atoms with van der Waals surface area (Å²) in [6, 6.07) is 0.396. The van der Waals surface area contributed by atoms with Crippen LogP contribution in [0.2, 0.25) is 0 Å². The zero-order chi connectivity index (χ0) is 13.2. The van der Waals surface area contributed by atoms with Crippen LogP contribution in [0, 0.1) is 5.92 Å². The second-order valence-corrected chi connectivity index (χ2v) is 8.07. The first-order valence-corrected chi connectivity index (χ1v) is 8.79. The van der Waals surface area contributed by atoms with Crippen molar-refractivity contribution in [2.75, 3.05) is 19.3 Å². The van der Waals surface area contributed by atoms with Gasteiger partial charge in [-0.15, -0.1) is 0 Å². The Morgan fingerprint density at radius 2 is 1.83 bits per heavy atom. The van der Waals surface area contributed by atoms with Gasteiger partial charge in [-0.05, 0) is 51.0 Å². The number of rotatable bonds is 4. The van der Waals surface area contributed by atoms with Crippen molar-refractivity contribution in [3.63, 3.8) is 0 Å². The van der Waals surface area contributed by atoms with Crippen molar-refractivity contribution in [3.8, 4) is 0 Å². The van der Waals surface area contributed by atoms with Gasteiger partial charge in [0, 0.05) is 19.1 Å². The van der Waals surface area contributed by atoms with Crippen molar-refractivity contribution in [2.45, 2.75) is 57.5 Å². The summed E-state index contributed by atoms with van der Waals surface area (Å²) in [6.45, 7) is 3.22. The van der Waals surface area contributed by atoms with E-state index < -0.39 is 10.0 Å². The third kappa shape index (κ3) is 3.45. The zero-order valence-corrected chi connectivity index (χ0v) is 12.4. The van der Waals surface area contributed by atoms with Crippen LogP contribution in [0.3, 0.4) is 0 Å². The molecule has 1 heterocycles. The topological polar surface area (TPSA) is 49.4 Å². The first-order valence-electron chi connectivity index (χ1n) is 7.18. The highest BCUT2D eigenvalue weighted by atomic mass is 32.2. The SMILES string of the molecule is CC1CCC(N(C)S(=O)(=O)CC2CCCN2)CC1. The van der Waals surface area contributed by atoms with E-state index >= 15 is 0 Å². The maximum Gasteiger partial charge on any atom is 0.215 e. The highest BCUT2D eigenvalue weighted by Crippen LogP contribution is 2.28. The average molecular weight is 274 g/mol. The predicted octanol–water partition coefficient (Wildman–Crippen LogP) is 1.58. The molecule has 0 radical (unpaired) electrons. The van der Waals surface area contributed by atoms with Crippen LogP contribution in [0.4, 0.5) is 0 Å². The van der Waals surface area contributed by atoms with Crippen LogP contribution in [-0.2, 0) is 10.0 Å². The standard InChI is InChI=1S/C13H26N2O2S/c1-11-5-7-13(8-6-11)15(2)18(16,17)10-12-4-3-9-14-12/h11-14H,3-10H2,1-2H3. The zero-order valence-electron chi connectivity index (χ0n) is 11.6. The molecule has 2 aliphatic rings.